The quantitative estimate of drug-likeness (QED) is 0.507. The van der Waals surface area contributed by atoms with Crippen LogP contribution in [0.5, 0.6) is 0 Å². The summed E-state index contributed by atoms with van der Waals surface area (Å²) in [6, 6.07) is 0. The molecule has 1 spiro atoms. The van der Waals surface area contributed by atoms with Gasteiger partial charge in [0.2, 0.25) is 0 Å². The fraction of sp³-hybridized carbons (Fsp3) is 0.867. The van der Waals surface area contributed by atoms with Crippen LogP contribution in [-0.2, 0) is 9.47 Å². The summed E-state index contributed by atoms with van der Waals surface area (Å²) >= 11 is 0. The Bertz CT molecular complexity index is 469. The van der Waals surface area contributed by atoms with E-state index in [1.54, 1.807) is 0 Å². The van der Waals surface area contributed by atoms with Crippen molar-refractivity contribution in [2.24, 2.45) is 10.8 Å². The lowest BCUT2D eigenvalue weighted by Gasteiger charge is -2.59. The van der Waals surface area contributed by atoms with Crippen molar-refractivity contribution in [3.05, 3.63) is 11.6 Å². The second kappa shape index (κ2) is 3.25. The van der Waals surface area contributed by atoms with Gasteiger partial charge in [0.15, 0.2) is 0 Å². The molecular formula is C15H22O4. The lowest BCUT2D eigenvalue weighted by Crippen LogP contribution is -2.67. The smallest absolute Gasteiger partial charge is 0.126 e. The number of aliphatic hydroxyl groups is 2. The monoisotopic (exact) mass is 266 g/mol. The van der Waals surface area contributed by atoms with Crippen LogP contribution in [0.25, 0.3) is 0 Å². The maximum Gasteiger partial charge on any atom is 0.126 e. The zero-order valence-electron chi connectivity index (χ0n) is 11.7. The first-order valence-corrected chi connectivity index (χ1v) is 7.19. The van der Waals surface area contributed by atoms with Gasteiger partial charge in [0.05, 0.1) is 31.0 Å². The summed E-state index contributed by atoms with van der Waals surface area (Å²) in [5, 5.41) is 21.3. The molecular weight excluding hydrogens is 244 g/mol. The van der Waals surface area contributed by atoms with Crippen LogP contribution in [-0.4, -0.2) is 46.8 Å². The predicted molar refractivity (Wildman–Crippen MR) is 68.6 cm³/mol. The summed E-state index contributed by atoms with van der Waals surface area (Å²) < 4.78 is 12.0. The Morgan fingerprint density at radius 3 is 2.58 bits per heavy atom. The Morgan fingerprint density at radius 2 is 1.95 bits per heavy atom. The molecule has 3 fully saturated rings. The Balaban J connectivity index is 1.91. The van der Waals surface area contributed by atoms with E-state index in [0.29, 0.717) is 19.4 Å². The molecule has 2 saturated heterocycles. The highest BCUT2D eigenvalue weighted by molar-refractivity contribution is 5.33. The second-order valence-electron chi connectivity index (χ2n) is 7.19. The number of hydrogen-bond donors (Lipinski definition) is 2. The van der Waals surface area contributed by atoms with Gasteiger partial charge in [-0.15, -0.1) is 0 Å². The van der Waals surface area contributed by atoms with Crippen LogP contribution in [0.4, 0.5) is 0 Å². The Kier molecular flexibility index (Phi) is 2.11. The highest BCUT2D eigenvalue weighted by Gasteiger charge is 2.81. The van der Waals surface area contributed by atoms with E-state index in [-0.39, 0.29) is 17.8 Å². The number of epoxide rings is 1. The SMILES string of the molecule is CC1=CC2OC3CC(O)C(C)(C34CO4)C2(C)C(O)C1. The molecule has 4 aliphatic rings. The number of hydrogen-bond acceptors (Lipinski definition) is 4. The fourth-order valence-corrected chi connectivity index (χ4v) is 4.99. The van der Waals surface area contributed by atoms with Crippen molar-refractivity contribution in [3.63, 3.8) is 0 Å². The predicted octanol–water partition coefficient (Wildman–Crippen LogP) is 1.01. The number of ether oxygens (including phenoxy) is 2. The number of rotatable bonds is 0. The molecule has 2 aliphatic carbocycles. The van der Waals surface area contributed by atoms with Crippen molar-refractivity contribution in [1.29, 1.82) is 0 Å². The molecule has 19 heavy (non-hydrogen) atoms. The summed E-state index contributed by atoms with van der Waals surface area (Å²) in [6.07, 6.45) is 2.25. The van der Waals surface area contributed by atoms with Gasteiger partial charge in [0.1, 0.15) is 5.60 Å². The van der Waals surface area contributed by atoms with Crippen molar-refractivity contribution in [3.8, 4) is 0 Å². The summed E-state index contributed by atoms with van der Waals surface area (Å²) in [5.74, 6) is 0. The molecule has 7 unspecified atom stereocenters. The first-order valence-electron chi connectivity index (χ1n) is 7.19. The van der Waals surface area contributed by atoms with Crippen LogP contribution in [0, 0.1) is 10.8 Å². The summed E-state index contributed by atoms with van der Waals surface area (Å²) in [4.78, 5) is 0. The molecule has 2 N–H and O–H groups in total. The van der Waals surface area contributed by atoms with Crippen molar-refractivity contribution < 1.29 is 19.7 Å². The first kappa shape index (κ1) is 12.3. The summed E-state index contributed by atoms with van der Waals surface area (Å²) in [5.41, 5.74) is -0.141. The molecule has 0 radical (unpaired) electrons. The van der Waals surface area contributed by atoms with Crippen LogP contribution >= 0.6 is 0 Å². The lowest BCUT2D eigenvalue weighted by molar-refractivity contribution is -0.237. The largest absolute Gasteiger partial charge is 0.392 e. The number of fused-ring (bicyclic) bond motifs is 2. The van der Waals surface area contributed by atoms with Gasteiger partial charge in [-0.2, -0.15) is 0 Å². The maximum absolute atomic E-state index is 10.7. The minimum absolute atomic E-state index is 0.0417. The third kappa shape index (κ3) is 1.09. The van der Waals surface area contributed by atoms with Gasteiger partial charge < -0.3 is 19.7 Å². The standard InChI is InChI=1S/C15H22O4/c1-8-4-9(16)13(2)11(5-8)19-12-6-10(17)14(13,3)15(12)7-18-15/h5,9-12,16-17H,4,6-7H2,1-3H3. The molecule has 106 valence electrons. The van der Waals surface area contributed by atoms with E-state index < -0.39 is 23.0 Å². The average molecular weight is 266 g/mol. The normalized spacial score (nSPS) is 62.9. The van der Waals surface area contributed by atoms with Crippen LogP contribution < -0.4 is 0 Å². The van der Waals surface area contributed by atoms with E-state index in [9.17, 15) is 10.2 Å². The highest BCUT2D eigenvalue weighted by atomic mass is 16.6. The molecule has 1 saturated carbocycles. The van der Waals surface area contributed by atoms with E-state index in [1.165, 1.54) is 5.57 Å². The Labute approximate surface area is 113 Å². The van der Waals surface area contributed by atoms with E-state index in [2.05, 4.69) is 19.9 Å². The second-order valence-corrected chi connectivity index (χ2v) is 7.19. The van der Waals surface area contributed by atoms with Gasteiger partial charge >= 0.3 is 0 Å². The van der Waals surface area contributed by atoms with Crippen LogP contribution in [0.15, 0.2) is 11.6 Å². The lowest BCUT2D eigenvalue weighted by atomic mass is 9.51. The minimum atomic E-state index is -0.498. The van der Waals surface area contributed by atoms with Crippen molar-refractivity contribution in [2.45, 2.75) is 63.6 Å². The van der Waals surface area contributed by atoms with Crippen LogP contribution in [0.3, 0.4) is 0 Å². The third-order valence-corrected chi connectivity index (χ3v) is 6.62. The van der Waals surface area contributed by atoms with E-state index in [4.69, 9.17) is 9.47 Å². The minimum Gasteiger partial charge on any atom is -0.392 e. The molecule has 4 nitrogen and oxygen atoms in total. The molecule has 0 aromatic rings. The van der Waals surface area contributed by atoms with E-state index >= 15 is 0 Å². The van der Waals surface area contributed by atoms with Crippen molar-refractivity contribution >= 4 is 0 Å². The highest BCUT2D eigenvalue weighted by Crippen LogP contribution is 2.71. The van der Waals surface area contributed by atoms with Gasteiger partial charge in [0.25, 0.3) is 0 Å². The average Bonchev–Trinajstić information content (AvgIpc) is 3.09. The molecule has 2 aliphatic heterocycles. The molecule has 4 rings (SSSR count). The molecule has 7 atom stereocenters. The zero-order valence-corrected chi connectivity index (χ0v) is 11.7. The summed E-state index contributed by atoms with van der Waals surface area (Å²) in [7, 11) is 0. The van der Waals surface area contributed by atoms with Gasteiger partial charge in [0, 0.05) is 17.3 Å². The molecule has 0 aromatic heterocycles. The Morgan fingerprint density at radius 1 is 1.26 bits per heavy atom. The fourth-order valence-electron chi connectivity index (χ4n) is 4.99. The molecule has 0 amide bonds. The first-order chi connectivity index (χ1) is 8.86. The van der Waals surface area contributed by atoms with Gasteiger partial charge in [-0.1, -0.05) is 25.5 Å². The van der Waals surface area contributed by atoms with Crippen LogP contribution in [0.1, 0.15) is 33.6 Å². The Hall–Kier alpha value is -0.420. The van der Waals surface area contributed by atoms with Gasteiger partial charge in [-0.25, -0.2) is 0 Å². The molecule has 2 bridgehead atoms. The topological polar surface area (TPSA) is 62.2 Å². The molecule has 4 heteroatoms. The third-order valence-electron chi connectivity index (χ3n) is 6.62. The van der Waals surface area contributed by atoms with Gasteiger partial charge in [-0.3, -0.25) is 0 Å². The zero-order chi connectivity index (χ0) is 13.6. The number of aliphatic hydroxyl groups excluding tert-OH is 2. The molecule has 2 heterocycles. The van der Waals surface area contributed by atoms with Crippen molar-refractivity contribution in [1.82, 2.24) is 0 Å². The molecule has 0 aromatic carbocycles. The van der Waals surface area contributed by atoms with Gasteiger partial charge in [-0.05, 0) is 13.3 Å². The maximum atomic E-state index is 10.7. The van der Waals surface area contributed by atoms with Crippen molar-refractivity contribution in [2.75, 3.05) is 6.61 Å². The summed E-state index contributed by atoms with van der Waals surface area (Å²) in [6.45, 7) is 6.81. The van der Waals surface area contributed by atoms with E-state index in [0.717, 1.165) is 0 Å². The van der Waals surface area contributed by atoms with Crippen LogP contribution in [0.2, 0.25) is 0 Å². The van der Waals surface area contributed by atoms with E-state index in [1.807, 2.05) is 6.92 Å².